The van der Waals surface area contributed by atoms with Gasteiger partial charge in [0.15, 0.2) is 0 Å². The van der Waals surface area contributed by atoms with E-state index in [0.717, 1.165) is 16.5 Å². The zero-order valence-corrected chi connectivity index (χ0v) is 10.3. The number of rotatable bonds is 1. The second-order valence-electron chi connectivity index (χ2n) is 4.86. The van der Waals surface area contributed by atoms with Gasteiger partial charge in [-0.25, -0.2) is 0 Å². The summed E-state index contributed by atoms with van der Waals surface area (Å²) in [6, 6.07) is 7.73. The number of benzene rings is 1. The Hall–Kier alpha value is -1.81. The molecule has 1 fully saturated rings. The molecule has 3 rings (SSSR count). The van der Waals surface area contributed by atoms with E-state index in [9.17, 15) is 9.90 Å². The maximum atomic E-state index is 12.4. The fraction of sp³-hybridized carbons (Fsp3) is 0.357. The summed E-state index contributed by atoms with van der Waals surface area (Å²) in [6.07, 6.45) is 2.26. The molecule has 0 unspecified atom stereocenters. The quantitative estimate of drug-likeness (QED) is 0.824. The molecule has 0 radical (unpaired) electrons. The Balaban J connectivity index is 2.01. The van der Waals surface area contributed by atoms with Crippen molar-refractivity contribution in [2.45, 2.75) is 12.5 Å². The molecule has 4 nitrogen and oxygen atoms in total. The Labute approximate surface area is 105 Å². The van der Waals surface area contributed by atoms with Crippen LogP contribution in [0.4, 0.5) is 0 Å². The summed E-state index contributed by atoms with van der Waals surface area (Å²) in [7, 11) is 1.97. The third-order valence-electron chi connectivity index (χ3n) is 3.61. The van der Waals surface area contributed by atoms with Gasteiger partial charge >= 0.3 is 0 Å². The molecule has 1 aromatic heterocycles. The van der Waals surface area contributed by atoms with Crippen molar-refractivity contribution in [1.82, 2.24) is 9.47 Å². The van der Waals surface area contributed by atoms with Crippen LogP contribution in [-0.2, 0) is 7.05 Å². The highest BCUT2D eigenvalue weighted by Crippen LogP contribution is 2.22. The minimum atomic E-state index is -0.371. The number of fused-ring (bicyclic) bond motifs is 1. The Morgan fingerprint density at radius 2 is 2.22 bits per heavy atom. The monoisotopic (exact) mass is 244 g/mol. The van der Waals surface area contributed by atoms with E-state index < -0.39 is 0 Å². The summed E-state index contributed by atoms with van der Waals surface area (Å²) in [5, 5.41) is 10.5. The van der Waals surface area contributed by atoms with Crippen LogP contribution in [0.5, 0.6) is 0 Å². The molecule has 18 heavy (non-hydrogen) atoms. The predicted molar refractivity (Wildman–Crippen MR) is 69.4 cm³/mol. The molecule has 0 spiro atoms. The molecule has 1 aliphatic heterocycles. The van der Waals surface area contributed by atoms with Crippen LogP contribution in [-0.4, -0.2) is 39.7 Å². The SMILES string of the molecule is Cn1ccc2c(C(=O)N3CC[C@H](O)C3)cccc21. The van der Waals surface area contributed by atoms with Gasteiger partial charge in [-0.1, -0.05) is 6.07 Å². The fourth-order valence-corrected chi connectivity index (χ4v) is 2.59. The van der Waals surface area contributed by atoms with Gasteiger partial charge in [-0.2, -0.15) is 0 Å². The van der Waals surface area contributed by atoms with Crippen molar-refractivity contribution in [2.75, 3.05) is 13.1 Å². The topological polar surface area (TPSA) is 45.5 Å². The normalized spacial score (nSPS) is 19.7. The van der Waals surface area contributed by atoms with E-state index in [1.807, 2.05) is 42.1 Å². The maximum absolute atomic E-state index is 12.4. The van der Waals surface area contributed by atoms with Crippen LogP contribution in [0.2, 0.25) is 0 Å². The summed E-state index contributed by atoms with van der Waals surface area (Å²) in [5.41, 5.74) is 1.78. The lowest BCUT2D eigenvalue weighted by Crippen LogP contribution is -2.29. The summed E-state index contributed by atoms with van der Waals surface area (Å²) >= 11 is 0. The maximum Gasteiger partial charge on any atom is 0.254 e. The van der Waals surface area contributed by atoms with Crippen molar-refractivity contribution in [3.63, 3.8) is 0 Å². The van der Waals surface area contributed by atoms with E-state index in [-0.39, 0.29) is 12.0 Å². The Morgan fingerprint density at radius 1 is 1.39 bits per heavy atom. The second-order valence-corrected chi connectivity index (χ2v) is 4.86. The summed E-state index contributed by atoms with van der Waals surface area (Å²) < 4.78 is 2.00. The van der Waals surface area contributed by atoms with Gasteiger partial charge in [-0.15, -0.1) is 0 Å². The van der Waals surface area contributed by atoms with Gasteiger partial charge < -0.3 is 14.6 Å². The Morgan fingerprint density at radius 3 is 2.94 bits per heavy atom. The zero-order valence-electron chi connectivity index (χ0n) is 10.3. The van der Waals surface area contributed by atoms with Gasteiger partial charge in [-0.05, 0) is 24.6 Å². The van der Waals surface area contributed by atoms with Crippen LogP contribution in [0.1, 0.15) is 16.8 Å². The minimum Gasteiger partial charge on any atom is -0.391 e. The molecule has 0 aliphatic carbocycles. The zero-order chi connectivity index (χ0) is 12.7. The number of aromatic nitrogens is 1. The number of β-amino-alcohol motifs (C(OH)–C–C–N with tert-alkyl or cyclic N) is 1. The molecule has 0 saturated carbocycles. The highest BCUT2D eigenvalue weighted by molar-refractivity contribution is 6.06. The fourth-order valence-electron chi connectivity index (χ4n) is 2.59. The lowest BCUT2D eigenvalue weighted by Gasteiger charge is -2.16. The molecule has 1 saturated heterocycles. The first kappa shape index (κ1) is 11.3. The van der Waals surface area contributed by atoms with Crippen LogP contribution < -0.4 is 0 Å². The number of hydrogen-bond acceptors (Lipinski definition) is 2. The smallest absolute Gasteiger partial charge is 0.254 e. The standard InChI is InChI=1S/C14H16N2O2/c1-15-7-6-11-12(3-2-4-13(11)15)14(18)16-8-5-10(17)9-16/h2-4,6-7,10,17H,5,8-9H2,1H3/t10-/m0/s1. The second kappa shape index (κ2) is 4.14. The first-order valence-electron chi connectivity index (χ1n) is 6.18. The molecule has 1 aliphatic rings. The third-order valence-corrected chi connectivity index (χ3v) is 3.61. The van der Waals surface area contributed by atoms with E-state index in [4.69, 9.17) is 0 Å². The highest BCUT2D eigenvalue weighted by Gasteiger charge is 2.26. The van der Waals surface area contributed by atoms with Gasteiger partial charge in [0.25, 0.3) is 5.91 Å². The molecule has 2 heterocycles. The Bertz CT molecular complexity index is 603. The number of aliphatic hydroxyl groups is 1. The largest absolute Gasteiger partial charge is 0.391 e. The molecule has 4 heteroatoms. The number of likely N-dealkylation sites (tertiary alicyclic amines) is 1. The number of nitrogens with zero attached hydrogens (tertiary/aromatic N) is 2. The molecular weight excluding hydrogens is 228 g/mol. The van der Waals surface area contributed by atoms with Crippen LogP contribution in [0, 0.1) is 0 Å². The van der Waals surface area contributed by atoms with E-state index in [1.54, 1.807) is 4.90 Å². The van der Waals surface area contributed by atoms with Gasteiger partial charge in [0, 0.05) is 42.8 Å². The molecule has 1 aromatic carbocycles. The highest BCUT2D eigenvalue weighted by atomic mass is 16.3. The molecule has 1 N–H and O–H groups in total. The van der Waals surface area contributed by atoms with E-state index in [2.05, 4.69) is 0 Å². The molecule has 94 valence electrons. The third kappa shape index (κ3) is 1.69. The number of hydrogen-bond donors (Lipinski definition) is 1. The first-order chi connectivity index (χ1) is 8.66. The van der Waals surface area contributed by atoms with Crippen LogP contribution in [0.3, 0.4) is 0 Å². The van der Waals surface area contributed by atoms with Gasteiger partial charge in [0.2, 0.25) is 0 Å². The van der Waals surface area contributed by atoms with Crippen molar-refractivity contribution in [3.05, 3.63) is 36.0 Å². The summed E-state index contributed by atoms with van der Waals surface area (Å²) in [6.45, 7) is 1.09. The van der Waals surface area contributed by atoms with Crippen LogP contribution in [0.15, 0.2) is 30.5 Å². The molecule has 0 bridgehead atoms. The number of aryl methyl sites for hydroxylation is 1. The average molecular weight is 244 g/mol. The first-order valence-corrected chi connectivity index (χ1v) is 6.18. The van der Waals surface area contributed by atoms with Crippen molar-refractivity contribution in [3.8, 4) is 0 Å². The van der Waals surface area contributed by atoms with Gasteiger partial charge in [0.1, 0.15) is 0 Å². The van der Waals surface area contributed by atoms with Crippen molar-refractivity contribution in [2.24, 2.45) is 7.05 Å². The number of carbonyl (C=O) groups is 1. The van der Waals surface area contributed by atoms with Gasteiger partial charge in [-0.3, -0.25) is 4.79 Å². The van der Waals surface area contributed by atoms with Crippen molar-refractivity contribution < 1.29 is 9.90 Å². The summed E-state index contributed by atoms with van der Waals surface area (Å²) in [4.78, 5) is 14.1. The van der Waals surface area contributed by atoms with Crippen molar-refractivity contribution >= 4 is 16.8 Å². The summed E-state index contributed by atoms with van der Waals surface area (Å²) in [5.74, 6) is 0.0170. The van der Waals surface area contributed by atoms with Crippen LogP contribution in [0.25, 0.3) is 10.9 Å². The van der Waals surface area contributed by atoms with E-state index in [0.29, 0.717) is 19.5 Å². The van der Waals surface area contributed by atoms with E-state index >= 15 is 0 Å². The Kier molecular flexibility index (Phi) is 2.59. The average Bonchev–Trinajstić information content (AvgIpc) is 2.96. The van der Waals surface area contributed by atoms with Crippen molar-refractivity contribution in [1.29, 1.82) is 0 Å². The number of carbonyl (C=O) groups excluding carboxylic acids is 1. The van der Waals surface area contributed by atoms with Crippen LogP contribution >= 0.6 is 0 Å². The predicted octanol–water partition coefficient (Wildman–Crippen LogP) is 1.39. The molecular formula is C14H16N2O2. The number of amides is 1. The molecule has 1 atom stereocenters. The lowest BCUT2D eigenvalue weighted by molar-refractivity contribution is 0.0767. The molecule has 1 amide bonds. The van der Waals surface area contributed by atoms with E-state index in [1.165, 1.54) is 0 Å². The lowest BCUT2D eigenvalue weighted by atomic mass is 10.1. The van der Waals surface area contributed by atoms with Gasteiger partial charge in [0.05, 0.1) is 6.10 Å². The molecule has 2 aromatic rings. The minimum absolute atomic E-state index is 0.0170. The number of aliphatic hydroxyl groups excluding tert-OH is 1.